The number of anilines is 2. The molecule has 0 aliphatic carbocycles. The Hall–Kier alpha value is -2.62. The third kappa shape index (κ3) is 3.77. The van der Waals surface area contributed by atoms with Gasteiger partial charge in [0.05, 0.1) is 12.7 Å². The van der Waals surface area contributed by atoms with E-state index in [4.69, 9.17) is 5.11 Å². The van der Waals surface area contributed by atoms with E-state index in [1.807, 2.05) is 0 Å². The van der Waals surface area contributed by atoms with E-state index in [9.17, 15) is 22.8 Å². The summed E-state index contributed by atoms with van der Waals surface area (Å²) in [5.74, 6) is -2.33. The SMILES string of the molecule is COC(=O)c1cccc(Nc2nc(C(F)(F)F)c(C(=O)O)s2)c1. The lowest BCUT2D eigenvalue weighted by Gasteiger charge is -2.05. The van der Waals surface area contributed by atoms with Gasteiger partial charge in [-0.2, -0.15) is 13.2 Å². The summed E-state index contributed by atoms with van der Waals surface area (Å²) in [4.78, 5) is 24.7. The number of carbonyl (C=O) groups excluding carboxylic acids is 1. The molecule has 2 aromatic rings. The number of carboxylic acid groups (broad SMARTS) is 1. The number of carbonyl (C=O) groups is 2. The third-order valence-electron chi connectivity index (χ3n) is 2.62. The second-order valence-electron chi connectivity index (χ2n) is 4.20. The van der Waals surface area contributed by atoms with Crippen LogP contribution in [0.1, 0.15) is 25.7 Å². The van der Waals surface area contributed by atoms with Crippen LogP contribution in [-0.2, 0) is 10.9 Å². The number of esters is 1. The van der Waals surface area contributed by atoms with Gasteiger partial charge < -0.3 is 15.2 Å². The first-order valence-corrected chi connectivity index (χ1v) is 6.80. The highest BCUT2D eigenvalue weighted by molar-refractivity contribution is 7.17. The summed E-state index contributed by atoms with van der Waals surface area (Å²) >= 11 is 0.351. The molecule has 0 fully saturated rings. The molecule has 6 nitrogen and oxygen atoms in total. The topological polar surface area (TPSA) is 88.5 Å². The Bertz CT molecular complexity index is 758. The molecule has 0 unspecified atom stereocenters. The molecule has 0 atom stereocenters. The zero-order chi connectivity index (χ0) is 17.2. The number of nitrogens with zero attached hydrogens (tertiary/aromatic N) is 1. The van der Waals surface area contributed by atoms with Gasteiger partial charge >= 0.3 is 18.1 Å². The molecule has 0 bridgehead atoms. The Morgan fingerprint density at radius 1 is 1.35 bits per heavy atom. The van der Waals surface area contributed by atoms with Crippen molar-refractivity contribution in [3.63, 3.8) is 0 Å². The fourth-order valence-corrected chi connectivity index (χ4v) is 2.52. The number of benzene rings is 1. The van der Waals surface area contributed by atoms with Gasteiger partial charge in [0.1, 0.15) is 4.88 Å². The molecule has 122 valence electrons. The van der Waals surface area contributed by atoms with Crippen molar-refractivity contribution in [1.29, 1.82) is 0 Å². The van der Waals surface area contributed by atoms with Gasteiger partial charge in [0.2, 0.25) is 0 Å². The van der Waals surface area contributed by atoms with Crippen LogP contribution in [0.2, 0.25) is 0 Å². The highest BCUT2D eigenvalue weighted by atomic mass is 32.1. The first kappa shape index (κ1) is 16.7. The van der Waals surface area contributed by atoms with E-state index in [0.29, 0.717) is 11.3 Å². The number of carboxylic acids is 1. The molecule has 1 aromatic carbocycles. The minimum absolute atomic E-state index is 0.184. The molecular formula is C13H9F3N2O4S. The first-order chi connectivity index (χ1) is 10.7. The van der Waals surface area contributed by atoms with Crippen molar-refractivity contribution in [1.82, 2.24) is 4.98 Å². The molecule has 1 aromatic heterocycles. The van der Waals surface area contributed by atoms with E-state index >= 15 is 0 Å². The number of thiazole rings is 1. The number of alkyl halides is 3. The second kappa shape index (κ2) is 6.24. The minimum Gasteiger partial charge on any atom is -0.477 e. The number of halogens is 3. The summed E-state index contributed by atoms with van der Waals surface area (Å²) in [6.45, 7) is 0. The standard InChI is InChI=1S/C13H9F3N2O4S/c1-22-11(21)6-3-2-4-7(5-6)17-12-18-9(13(14,15)16)8(23-12)10(19)20/h2-5H,1H3,(H,17,18)(H,19,20). The second-order valence-corrected chi connectivity index (χ2v) is 5.20. The van der Waals surface area contributed by atoms with E-state index in [-0.39, 0.29) is 16.4 Å². The van der Waals surface area contributed by atoms with Crippen molar-refractivity contribution >= 4 is 34.1 Å². The van der Waals surface area contributed by atoms with Crippen LogP contribution in [0.5, 0.6) is 0 Å². The predicted octanol–water partition coefficient (Wildman–Crippen LogP) is 3.39. The maximum Gasteiger partial charge on any atom is 0.435 e. The van der Waals surface area contributed by atoms with Crippen LogP contribution in [0.4, 0.5) is 24.0 Å². The van der Waals surface area contributed by atoms with E-state index in [0.717, 1.165) is 0 Å². The van der Waals surface area contributed by atoms with Gasteiger partial charge in [-0.05, 0) is 18.2 Å². The zero-order valence-electron chi connectivity index (χ0n) is 11.5. The molecule has 2 N–H and O–H groups in total. The lowest BCUT2D eigenvalue weighted by atomic mass is 10.2. The summed E-state index contributed by atoms with van der Waals surface area (Å²) in [6.07, 6.45) is -4.88. The Morgan fingerprint density at radius 3 is 2.57 bits per heavy atom. The molecule has 0 aliphatic rings. The van der Waals surface area contributed by atoms with Crippen LogP contribution in [-0.4, -0.2) is 29.1 Å². The van der Waals surface area contributed by atoms with E-state index in [1.165, 1.54) is 31.4 Å². The van der Waals surface area contributed by atoms with Crippen molar-refractivity contribution in [2.24, 2.45) is 0 Å². The maximum atomic E-state index is 12.8. The van der Waals surface area contributed by atoms with Crippen LogP contribution in [0.15, 0.2) is 24.3 Å². The first-order valence-electron chi connectivity index (χ1n) is 5.99. The number of hydrogen-bond donors (Lipinski definition) is 2. The largest absolute Gasteiger partial charge is 0.477 e. The monoisotopic (exact) mass is 346 g/mol. The summed E-state index contributed by atoms with van der Waals surface area (Å²) < 4.78 is 42.8. The molecule has 0 spiro atoms. The number of hydrogen-bond acceptors (Lipinski definition) is 6. The fourth-order valence-electron chi connectivity index (χ4n) is 1.68. The summed E-state index contributed by atoms with van der Waals surface area (Å²) in [5, 5.41) is 11.1. The van der Waals surface area contributed by atoms with Crippen molar-refractivity contribution in [3.05, 3.63) is 40.4 Å². The van der Waals surface area contributed by atoms with E-state index in [2.05, 4.69) is 15.0 Å². The summed E-state index contributed by atoms with van der Waals surface area (Å²) in [6, 6.07) is 5.79. The van der Waals surface area contributed by atoms with Crippen molar-refractivity contribution in [2.45, 2.75) is 6.18 Å². The minimum atomic E-state index is -4.88. The van der Waals surface area contributed by atoms with Crippen LogP contribution in [0.25, 0.3) is 0 Å². The molecule has 0 radical (unpaired) electrons. The van der Waals surface area contributed by atoms with Gasteiger partial charge in [-0.3, -0.25) is 0 Å². The number of ether oxygens (including phenoxy) is 1. The summed E-state index contributed by atoms with van der Waals surface area (Å²) in [5.41, 5.74) is -1.02. The number of nitrogens with one attached hydrogen (secondary N) is 1. The zero-order valence-corrected chi connectivity index (χ0v) is 12.3. The molecule has 0 saturated heterocycles. The lowest BCUT2D eigenvalue weighted by molar-refractivity contribution is -0.141. The molecule has 23 heavy (non-hydrogen) atoms. The Labute approximate surface area is 131 Å². The molecule has 0 aliphatic heterocycles. The molecular weight excluding hydrogens is 337 g/mol. The van der Waals surface area contributed by atoms with Crippen LogP contribution in [0.3, 0.4) is 0 Å². The average molecular weight is 346 g/mol. The number of methoxy groups -OCH3 is 1. The fraction of sp³-hybridized carbons (Fsp3) is 0.154. The quantitative estimate of drug-likeness (QED) is 0.825. The van der Waals surface area contributed by atoms with Gasteiger partial charge in [0, 0.05) is 5.69 Å². The van der Waals surface area contributed by atoms with Crippen molar-refractivity contribution in [3.8, 4) is 0 Å². The van der Waals surface area contributed by atoms with Gasteiger partial charge in [-0.15, -0.1) is 0 Å². The third-order valence-corrected chi connectivity index (χ3v) is 3.58. The van der Waals surface area contributed by atoms with Gasteiger partial charge in [0.15, 0.2) is 10.8 Å². The lowest BCUT2D eigenvalue weighted by Crippen LogP contribution is -2.11. The van der Waals surface area contributed by atoms with Gasteiger partial charge in [0.25, 0.3) is 0 Å². The Kier molecular flexibility index (Phi) is 4.55. The predicted molar refractivity (Wildman–Crippen MR) is 75.1 cm³/mol. The molecule has 0 saturated carbocycles. The molecule has 0 amide bonds. The molecule has 2 rings (SSSR count). The van der Waals surface area contributed by atoms with Crippen LogP contribution in [0, 0.1) is 0 Å². The highest BCUT2D eigenvalue weighted by Crippen LogP contribution is 2.37. The van der Waals surface area contributed by atoms with Gasteiger partial charge in [-0.1, -0.05) is 17.4 Å². The smallest absolute Gasteiger partial charge is 0.435 e. The van der Waals surface area contributed by atoms with Crippen molar-refractivity contribution < 1.29 is 32.6 Å². The highest BCUT2D eigenvalue weighted by Gasteiger charge is 2.39. The Balaban J connectivity index is 2.34. The summed E-state index contributed by atoms with van der Waals surface area (Å²) in [7, 11) is 1.19. The van der Waals surface area contributed by atoms with Gasteiger partial charge in [-0.25, -0.2) is 14.6 Å². The number of aromatic nitrogens is 1. The molecule has 1 heterocycles. The maximum absolute atomic E-state index is 12.8. The number of aromatic carboxylic acids is 1. The van der Waals surface area contributed by atoms with Crippen LogP contribution >= 0.6 is 11.3 Å². The van der Waals surface area contributed by atoms with Crippen molar-refractivity contribution in [2.75, 3.05) is 12.4 Å². The number of rotatable bonds is 4. The van der Waals surface area contributed by atoms with Crippen LogP contribution < -0.4 is 5.32 Å². The average Bonchev–Trinajstić information content (AvgIpc) is 2.91. The Morgan fingerprint density at radius 2 is 2.04 bits per heavy atom. The normalized spacial score (nSPS) is 11.1. The van der Waals surface area contributed by atoms with E-state index < -0.39 is 28.7 Å². The molecule has 10 heteroatoms. The van der Waals surface area contributed by atoms with E-state index in [1.54, 1.807) is 0 Å².